The number of ether oxygens (including phenoxy) is 1. The first-order chi connectivity index (χ1) is 14.8. The number of benzene rings is 3. The second-order valence-corrected chi connectivity index (χ2v) is 7.49. The average molecular weight is 407 g/mol. The monoisotopic (exact) mass is 406 g/mol. The summed E-state index contributed by atoms with van der Waals surface area (Å²) >= 11 is 0. The molecule has 0 saturated carbocycles. The Morgan fingerprint density at radius 3 is 2.40 bits per heavy atom. The molecule has 0 radical (unpaired) electrons. The predicted octanol–water partition coefficient (Wildman–Crippen LogP) is 4.43. The summed E-state index contributed by atoms with van der Waals surface area (Å²) in [5, 5.41) is 15.4. The fraction of sp³-hybridized carbons (Fsp3) is 0.385. The lowest BCUT2D eigenvalue weighted by atomic mass is 9.93. The first kappa shape index (κ1) is 22.3. The van der Waals surface area contributed by atoms with E-state index in [1.807, 2.05) is 6.07 Å². The molecule has 0 spiro atoms. The lowest BCUT2D eigenvalue weighted by molar-refractivity contribution is 0.220. The van der Waals surface area contributed by atoms with Crippen LogP contribution in [0, 0.1) is 0 Å². The molecule has 0 saturated heterocycles. The Labute approximate surface area is 180 Å². The van der Waals surface area contributed by atoms with E-state index in [0.717, 1.165) is 31.8 Å². The van der Waals surface area contributed by atoms with Crippen LogP contribution in [0.2, 0.25) is 0 Å². The molecule has 0 aliphatic heterocycles. The lowest BCUT2D eigenvalue weighted by Gasteiger charge is -2.25. The van der Waals surface area contributed by atoms with Crippen LogP contribution in [0.25, 0.3) is 10.8 Å². The van der Waals surface area contributed by atoms with Crippen molar-refractivity contribution in [1.29, 1.82) is 0 Å². The summed E-state index contributed by atoms with van der Waals surface area (Å²) in [6.45, 7) is 8.63. The summed E-state index contributed by atoms with van der Waals surface area (Å²) in [4.78, 5) is 2.37. The van der Waals surface area contributed by atoms with Crippen molar-refractivity contribution < 1.29 is 9.84 Å². The summed E-state index contributed by atoms with van der Waals surface area (Å²) < 4.78 is 6.33. The van der Waals surface area contributed by atoms with Gasteiger partial charge >= 0.3 is 0 Å². The molecule has 30 heavy (non-hydrogen) atoms. The van der Waals surface area contributed by atoms with Crippen molar-refractivity contribution in [3.63, 3.8) is 0 Å². The van der Waals surface area contributed by atoms with Gasteiger partial charge in [0.05, 0.1) is 6.61 Å². The molecule has 0 aliphatic carbocycles. The van der Waals surface area contributed by atoms with Crippen molar-refractivity contribution in [2.45, 2.75) is 26.3 Å². The van der Waals surface area contributed by atoms with Gasteiger partial charge in [-0.3, -0.25) is 0 Å². The van der Waals surface area contributed by atoms with E-state index in [-0.39, 0.29) is 12.6 Å². The minimum atomic E-state index is 0.0501. The van der Waals surface area contributed by atoms with Crippen LogP contribution in [-0.4, -0.2) is 49.4 Å². The molecule has 0 aliphatic rings. The van der Waals surface area contributed by atoms with Crippen molar-refractivity contribution >= 4 is 10.8 Å². The Morgan fingerprint density at radius 1 is 0.933 bits per heavy atom. The Bertz CT molecular complexity index is 894. The molecule has 0 bridgehead atoms. The second-order valence-electron chi connectivity index (χ2n) is 7.49. The summed E-state index contributed by atoms with van der Waals surface area (Å²) in [6.07, 6.45) is 0.835. The SMILES string of the molecule is CCN(CC)CCOc1ccc2ccccc2c1[C@@H](Cc1ccccc1)NCCO. The number of rotatable bonds is 12. The van der Waals surface area contributed by atoms with Gasteiger partial charge in [0.15, 0.2) is 0 Å². The third-order valence-electron chi connectivity index (χ3n) is 5.62. The Hall–Kier alpha value is -2.40. The van der Waals surface area contributed by atoms with Crippen LogP contribution in [0.3, 0.4) is 0 Å². The predicted molar refractivity (Wildman–Crippen MR) is 125 cm³/mol. The maximum absolute atomic E-state index is 9.47. The van der Waals surface area contributed by atoms with Crippen molar-refractivity contribution in [1.82, 2.24) is 10.2 Å². The van der Waals surface area contributed by atoms with Crippen molar-refractivity contribution in [3.05, 3.63) is 77.9 Å². The number of fused-ring (bicyclic) bond motifs is 1. The molecule has 0 heterocycles. The van der Waals surface area contributed by atoms with E-state index in [1.165, 1.54) is 21.9 Å². The van der Waals surface area contributed by atoms with Crippen molar-refractivity contribution in [2.75, 3.05) is 39.4 Å². The maximum atomic E-state index is 9.47. The number of aliphatic hydroxyl groups excluding tert-OH is 1. The quantitative estimate of drug-likeness (QED) is 0.467. The molecule has 1 atom stereocenters. The van der Waals surface area contributed by atoms with Gasteiger partial charge in [-0.25, -0.2) is 0 Å². The second kappa shape index (κ2) is 11.7. The van der Waals surface area contributed by atoms with E-state index in [0.29, 0.717) is 13.2 Å². The number of hydrogen-bond acceptors (Lipinski definition) is 4. The van der Waals surface area contributed by atoms with Crippen LogP contribution in [0.5, 0.6) is 5.75 Å². The van der Waals surface area contributed by atoms with Gasteiger partial charge in [-0.05, 0) is 41.9 Å². The van der Waals surface area contributed by atoms with Crippen molar-refractivity contribution in [3.8, 4) is 5.75 Å². The molecule has 4 nitrogen and oxygen atoms in total. The zero-order chi connectivity index (χ0) is 21.2. The van der Waals surface area contributed by atoms with Gasteiger partial charge in [0.2, 0.25) is 0 Å². The smallest absolute Gasteiger partial charge is 0.124 e. The van der Waals surface area contributed by atoms with Crippen LogP contribution in [0.15, 0.2) is 66.7 Å². The zero-order valence-corrected chi connectivity index (χ0v) is 18.2. The Kier molecular flexibility index (Phi) is 8.69. The van der Waals surface area contributed by atoms with Gasteiger partial charge in [0.25, 0.3) is 0 Å². The maximum Gasteiger partial charge on any atom is 0.124 e. The molecule has 2 N–H and O–H groups in total. The van der Waals surface area contributed by atoms with Crippen molar-refractivity contribution in [2.24, 2.45) is 0 Å². The van der Waals surface area contributed by atoms with Crippen LogP contribution in [0.4, 0.5) is 0 Å². The Balaban J connectivity index is 1.95. The highest BCUT2D eigenvalue weighted by Gasteiger charge is 2.20. The lowest BCUT2D eigenvalue weighted by Crippen LogP contribution is -2.29. The number of likely N-dealkylation sites (N-methyl/N-ethyl adjacent to an activating group) is 1. The molecule has 3 aromatic rings. The molecule has 3 rings (SSSR count). The van der Waals surface area contributed by atoms with Crippen LogP contribution < -0.4 is 10.1 Å². The van der Waals surface area contributed by atoms with Gasteiger partial charge in [-0.2, -0.15) is 0 Å². The molecule has 0 unspecified atom stereocenters. The van der Waals surface area contributed by atoms with Gasteiger partial charge in [-0.15, -0.1) is 0 Å². The van der Waals surface area contributed by atoms with E-state index in [4.69, 9.17) is 4.74 Å². The fourth-order valence-electron chi connectivity index (χ4n) is 3.95. The number of nitrogens with zero attached hydrogens (tertiary/aromatic N) is 1. The van der Waals surface area contributed by atoms with E-state index < -0.39 is 0 Å². The van der Waals surface area contributed by atoms with Crippen LogP contribution in [-0.2, 0) is 6.42 Å². The van der Waals surface area contributed by atoms with Gasteiger partial charge in [0.1, 0.15) is 12.4 Å². The van der Waals surface area contributed by atoms with Gasteiger partial charge in [-0.1, -0.05) is 74.5 Å². The van der Waals surface area contributed by atoms with E-state index >= 15 is 0 Å². The molecule has 3 aromatic carbocycles. The number of nitrogens with one attached hydrogen (secondary N) is 1. The third-order valence-corrected chi connectivity index (χ3v) is 5.62. The van der Waals surface area contributed by atoms with Gasteiger partial charge in [0, 0.05) is 24.7 Å². The largest absolute Gasteiger partial charge is 0.492 e. The minimum absolute atomic E-state index is 0.0501. The highest BCUT2D eigenvalue weighted by Crippen LogP contribution is 2.35. The molecular formula is C26H34N2O2. The first-order valence-electron chi connectivity index (χ1n) is 11.0. The fourth-order valence-corrected chi connectivity index (χ4v) is 3.95. The Morgan fingerprint density at radius 2 is 1.67 bits per heavy atom. The summed E-state index contributed by atoms with van der Waals surface area (Å²) in [5.41, 5.74) is 2.43. The molecule has 160 valence electrons. The van der Waals surface area contributed by atoms with E-state index in [9.17, 15) is 5.11 Å². The molecular weight excluding hydrogens is 372 g/mol. The molecule has 0 fully saturated rings. The van der Waals surface area contributed by atoms with Crippen LogP contribution in [0.1, 0.15) is 31.0 Å². The zero-order valence-electron chi connectivity index (χ0n) is 18.2. The highest BCUT2D eigenvalue weighted by molar-refractivity contribution is 5.88. The summed E-state index contributed by atoms with van der Waals surface area (Å²) in [6, 6.07) is 23.2. The van der Waals surface area contributed by atoms with E-state index in [2.05, 4.69) is 84.7 Å². The normalized spacial score (nSPS) is 12.4. The average Bonchev–Trinajstić information content (AvgIpc) is 2.80. The topological polar surface area (TPSA) is 44.7 Å². The highest BCUT2D eigenvalue weighted by atomic mass is 16.5. The summed E-state index contributed by atoms with van der Waals surface area (Å²) in [7, 11) is 0. The third kappa shape index (κ3) is 5.82. The number of aliphatic hydroxyl groups is 1. The first-order valence-corrected chi connectivity index (χ1v) is 11.0. The van der Waals surface area contributed by atoms with Crippen LogP contribution >= 0.6 is 0 Å². The minimum Gasteiger partial charge on any atom is -0.492 e. The standard InChI is InChI=1S/C26H34N2O2/c1-3-28(4-2)17-19-30-25-15-14-22-12-8-9-13-23(22)26(25)24(27-16-18-29)20-21-10-6-5-7-11-21/h5-15,24,27,29H,3-4,16-20H2,1-2H3/t24-/m1/s1. The molecule has 0 aromatic heterocycles. The molecule has 4 heteroatoms. The summed E-state index contributed by atoms with van der Waals surface area (Å²) in [5.74, 6) is 0.923. The number of hydrogen-bond donors (Lipinski definition) is 2. The van der Waals surface area contributed by atoms with E-state index in [1.54, 1.807) is 0 Å². The van der Waals surface area contributed by atoms with Gasteiger partial charge < -0.3 is 20.1 Å². The molecule has 0 amide bonds.